The second kappa shape index (κ2) is 6.58. The van der Waals surface area contributed by atoms with Crippen molar-refractivity contribution in [2.24, 2.45) is 17.8 Å². The third-order valence-corrected chi connectivity index (χ3v) is 6.17. The SMILES string of the molecule is CNC(CN1CCC2CCCCC2C1)C1CCCC1. The molecule has 3 fully saturated rings. The van der Waals surface area contributed by atoms with E-state index in [1.165, 1.54) is 77.4 Å². The molecule has 0 amide bonds. The molecule has 0 aromatic heterocycles. The maximum absolute atomic E-state index is 3.62. The highest BCUT2D eigenvalue weighted by molar-refractivity contribution is 4.87. The van der Waals surface area contributed by atoms with E-state index < -0.39 is 0 Å². The number of rotatable bonds is 4. The van der Waals surface area contributed by atoms with Crippen LogP contribution in [0.25, 0.3) is 0 Å². The molecule has 3 rings (SSSR count). The Balaban J connectivity index is 1.51. The van der Waals surface area contributed by atoms with Crippen LogP contribution in [0.15, 0.2) is 0 Å². The molecule has 0 bridgehead atoms. The second-order valence-corrected chi connectivity index (χ2v) is 7.29. The number of nitrogens with one attached hydrogen (secondary N) is 1. The summed E-state index contributed by atoms with van der Waals surface area (Å²) in [5, 5.41) is 3.62. The lowest BCUT2D eigenvalue weighted by Gasteiger charge is -2.43. The molecular formula is C17H32N2. The molecule has 110 valence electrons. The summed E-state index contributed by atoms with van der Waals surface area (Å²) in [6.45, 7) is 4.08. The Kier molecular flexibility index (Phi) is 4.81. The Bertz CT molecular complexity index is 272. The van der Waals surface area contributed by atoms with Crippen molar-refractivity contribution >= 4 is 0 Å². The van der Waals surface area contributed by atoms with Gasteiger partial charge in [0.25, 0.3) is 0 Å². The van der Waals surface area contributed by atoms with Crippen LogP contribution in [0.4, 0.5) is 0 Å². The molecule has 2 aliphatic carbocycles. The quantitative estimate of drug-likeness (QED) is 0.838. The first kappa shape index (κ1) is 13.9. The smallest absolute Gasteiger partial charge is 0.0220 e. The molecule has 19 heavy (non-hydrogen) atoms. The fourth-order valence-electron chi connectivity index (χ4n) is 4.96. The van der Waals surface area contributed by atoms with Crippen LogP contribution in [0.2, 0.25) is 0 Å². The standard InChI is InChI=1S/C17H32N2/c1-18-17(15-7-3-4-8-15)13-19-11-10-14-6-2-5-9-16(14)12-19/h14-18H,2-13H2,1H3. The molecule has 2 saturated carbocycles. The van der Waals surface area contributed by atoms with Crippen molar-refractivity contribution in [2.75, 3.05) is 26.7 Å². The lowest BCUT2D eigenvalue weighted by atomic mass is 9.75. The van der Waals surface area contributed by atoms with Gasteiger partial charge < -0.3 is 10.2 Å². The Labute approximate surface area is 119 Å². The van der Waals surface area contributed by atoms with E-state index in [1.54, 1.807) is 0 Å². The molecule has 3 aliphatic rings. The van der Waals surface area contributed by atoms with Gasteiger partial charge >= 0.3 is 0 Å². The molecule has 1 aliphatic heterocycles. The van der Waals surface area contributed by atoms with Crippen LogP contribution >= 0.6 is 0 Å². The maximum atomic E-state index is 3.62. The van der Waals surface area contributed by atoms with Crippen LogP contribution in [0, 0.1) is 17.8 Å². The van der Waals surface area contributed by atoms with Crippen molar-refractivity contribution in [2.45, 2.75) is 63.8 Å². The highest BCUT2D eigenvalue weighted by Gasteiger charge is 2.33. The third kappa shape index (κ3) is 3.33. The molecule has 0 spiro atoms. The zero-order valence-corrected chi connectivity index (χ0v) is 12.7. The predicted molar refractivity (Wildman–Crippen MR) is 81.3 cm³/mol. The maximum Gasteiger partial charge on any atom is 0.0220 e. The minimum Gasteiger partial charge on any atom is -0.315 e. The number of likely N-dealkylation sites (N-methyl/N-ethyl adjacent to an activating group) is 1. The molecule has 0 radical (unpaired) electrons. The molecule has 3 atom stereocenters. The summed E-state index contributed by atoms with van der Waals surface area (Å²) in [7, 11) is 2.18. The Hall–Kier alpha value is -0.0800. The number of hydrogen-bond donors (Lipinski definition) is 1. The molecule has 2 nitrogen and oxygen atoms in total. The van der Waals surface area contributed by atoms with E-state index in [4.69, 9.17) is 0 Å². The van der Waals surface area contributed by atoms with Crippen molar-refractivity contribution in [3.63, 3.8) is 0 Å². The van der Waals surface area contributed by atoms with Crippen LogP contribution in [0.5, 0.6) is 0 Å². The van der Waals surface area contributed by atoms with Gasteiger partial charge in [0.1, 0.15) is 0 Å². The summed E-state index contributed by atoms with van der Waals surface area (Å²) < 4.78 is 0. The molecule has 3 unspecified atom stereocenters. The van der Waals surface area contributed by atoms with E-state index in [1.807, 2.05) is 0 Å². The second-order valence-electron chi connectivity index (χ2n) is 7.29. The van der Waals surface area contributed by atoms with Gasteiger partial charge in [-0.15, -0.1) is 0 Å². The first-order valence-electron chi connectivity index (χ1n) is 8.76. The van der Waals surface area contributed by atoms with Crippen molar-refractivity contribution in [3.05, 3.63) is 0 Å². The van der Waals surface area contributed by atoms with E-state index in [9.17, 15) is 0 Å². The first-order chi connectivity index (χ1) is 9.36. The van der Waals surface area contributed by atoms with Crippen molar-refractivity contribution in [1.82, 2.24) is 10.2 Å². The van der Waals surface area contributed by atoms with Crippen LogP contribution in [0.1, 0.15) is 57.8 Å². The van der Waals surface area contributed by atoms with Crippen molar-refractivity contribution in [1.29, 1.82) is 0 Å². The summed E-state index contributed by atoms with van der Waals surface area (Å²) in [5.74, 6) is 3.06. The monoisotopic (exact) mass is 264 g/mol. The van der Waals surface area contributed by atoms with Crippen LogP contribution < -0.4 is 5.32 Å². The Morgan fingerprint density at radius 1 is 0.947 bits per heavy atom. The first-order valence-corrected chi connectivity index (χ1v) is 8.76. The lowest BCUT2D eigenvalue weighted by molar-refractivity contribution is 0.0748. The molecule has 1 heterocycles. The van der Waals surface area contributed by atoms with Gasteiger partial charge in [-0.2, -0.15) is 0 Å². The number of likely N-dealkylation sites (tertiary alicyclic amines) is 1. The predicted octanol–water partition coefficient (Wildman–Crippen LogP) is 3.28. The van der Waals surface area contributed by atoms with Gasteiger partial charge in [0.15, 0.2) is 0 Å². The highest BCUT2D eigenvalue weighted by atomic mass is 15.2. The molecule has 1 saturated heterocycles. The summed E-state index contributed by atoms with van der Waals surface area (Å²) in [5.41, 5.74) is 0. The normalized spacial score (nSPS) is 35.2. The number of fused-ring (bicyclic) bond motifs is 1. The number of nitrogens with zero attached hydrogens (tertiary/aromatic N) is 1. The van der Waals surface area contributed by atoms with Crippen LogP contribution in [-0.4, -0.2) is 37.6 Å². The minimum atomic E-state index is 0.752. The highest BCUT2D eigenvalue weighted by Crippen LogP contribution is 2.36. The Morgan fingerprint density at radius 2 is 1.63 bits per heavy atom. The molecule has 2 heteroatoms. The fourth-order valence-corrected chi connectivity index (χ4v) is 4.96. The topological polar surface area (TPSA) is 15.3 Å². The molecular weight excluding hydrogens is 232 g/mol. The van der Waals surface area contributed by atoms with E-state index in [2.05, 4.69) is 17.3 Å². The average molecular weight is 264 g/mol. The van der Waals surface area contributed by atoms with Gasteiger partial charge in [-0.05, 0) is 57.0 Å². The van der Waals surface area contributed by atoms with Gasteiger partial charge in [0.05, 0.1) is 0 Å². The van der Waals surface area contributed by atoms with E-state index in [-0.39, 0.29) is 0 Å². The molecule has 0 aromatic carbocycles. The number of hydrogen-bond acceptors (Lipinski definition) is 2. The van der Waals surface area contributed by atoms with Crippen molar-refractivity contribution < 1.29 is 0 Å². The summed E-state index contributed by atoms with van der Waals surface area (Å²) in [6, 6.07) is 0.752. The average Bonchev–Trinajstić information content (AvgIpc) is 2.98. The van der Waals surface area contributed by atoms with Gasteiger partial charge in [-0.1, -0.05) is 32.1 Å². The van der Waals surface area contributed by atoms with Crippen LogP contribution in [0.3, 0.4) is 0 Å². The van der Waals surface area contributed by atoms with Gasteiger partial charge in [0.2, 0.25) is 0 Å². The van der Waals surface area contributed by atoms with E-state index in [0.29, 0.717) is 0 Å². The largest absolute Gasteiger partial charge is 0.315 e. The Morgan fingerprint density at radius 3 is 2.37 bits per heavy atom. The summed E-state index contributed by atoms with van der Waals surface area (Å²) in [6.07, 6.45) is 13.4. The minimum absolute atomic E-state index is 0.752. The van der Waals surface area contributed by atoms with Gasteiger partial charge in [-0.3, -0.25) is 0 Å². The van der Waals surface area contributed by atoms with Crippen molar-refractivity contribution in [3.8, 4) is 0 Å². The zero-order valence-electron chi connectivity index (χ0n) is 12.7. The van der Waals surface area contributed by atoms with E-state index >= 15 is 0 Å². The van der Waals surface area contributed by atoms with Crippen LogP contribution in [-0.2, 0) is 0 Å². The van der Waals surface area contributed by atoms with E-state index in [0.717, 1.165) is 23.8 Å². The zero-order chi connectivity index (χ0) is 13.1. The lowest BCUT2D eigenvalue weighted by Crippen LogP contribution is -2.49. The summed E-state index contributed by atoms with van der Waals surface area (Å²) >= 11 is 0. The van der Waals surface area contributed by atoms with Gasteiger partial charge in [0, 0.05) is 19.1 Å². The fraction of sp³-hybridized carbons (Fsp3) is 1.00. The summed E-state index contributed by atoms with van der Waals surface area (Å²) in [4.78, 5) is 2.78. The molecule has 0 aromatic rings. The number of piperidine rings is 1. The molecule has 1 N–H and O–H groups in total. The van der Waals surface area contributed by atoms with Gasteiger partial charge in [-0.25, -0.2) is 0 Å². The third-order valence-electron chi connectivity index (χ3n) is 6.17.